The number of benzene rings is 1. The molecule has 16 heteroatoms. The van der Waals surface area contributed by atoms with E-state index in [4.69, 9.17) is 4.74 Å². The molecule has 7 heterocycles. The van der Waals surface area contributed by atoms with Crippen LogP contribution in [0.25, 0.3) is 11.0 Å². The van der Waals surface area contributed by atoms with E-state index >= 15 is 0 Å². The number of likely N-dealkylation sites (tertiary alicyclic amines) is 1. The van der Waals surface area contributed by atoms with Gasteiger partial charge in [-0.05, 0) is 115 Å². The van der Waals surface area contributed by atoms with Crippen molar-refractivity contribution in [3.05, 3.63) is 62.9 Å². The Morgan fingerprint density at radius 3 is 2.37 bits per heavy atom. The number of carbonyl (C=O) groups excluding carboxylic acids is 5. The van der Waals surface area contributed by atoms with Gasteiger partial charge in [-0.2, -0.15) is 0 Å². The minimum atomic E-state index is -0.744. The summed E-state index contributed by atoms with van der Waals surface area (Å²) in [5.74, 6) is -0.993. The topological polar surface area (TPSA) is 188 Å². The molecule has 1 aliphatic carbocycles. The van der Waals surface area contributed by atoms with Gasteiger partial charge in [-0.3, -0.25) is 33.9 Å². The van der Waals surface area contributed by atoms with Crippen LogP contribution < -0.4 is 26.8 Å². The van der Waals surface area contributed by atoms with Crippen LogP contribution in [0, 0.1) is 0 Å². The van der Waals surface area contributed by atoms with Crippen molar-refractivity contribution in [2.45, 2.75) is 152 Å². The Balaban J connectivity index is 0.844. The average molecular weight is 825 g/mol. The number of imidazole rings is 1. The van der Waals surface area contributed by atoms with Gasteiger partial charge < -0.3 is 34.3 Å². The van der Waals surface area contributed by atoms with E-state index in [1.54, 1.807) is 31.7 Å². The maximum atomic E-state index is 14.5. The number of fused-ring (bicyclic) bond motifs is 2. The highest BCUT2D eigenvalue weighted by atomic mass is 16.6. The molecule has 1 spiro atoms. The number of aromatic nitrogens is 3. The molecule has 6 fully saturated rings. The number of anilines is 1. The van der Waals surface area contributed by atoms with E-state index in [0.29, 0.717) is 43.5 Å². The molecule has 5 aliphatic heterocycles. The van der Waals surface area contributed by atoms with Crippen LogP contribution in [0.2, 0.25) is 0 Å². The minimum absolute atomic E-state index is 0.0139. The van der Waals surface area contributed by atoms with Crippen molar-refractivity contribution < 1.29 is 28.7 Å². The number of carbonyl (C=O) groups is 5. The van der Waals surface area contributed by atoms with E-state index in [0.717, 1.165) is 69.0 Å². The van der Waals surface area contributed by atoms with Crippen molar-refractivity contribution in [1.82, 2.24) is 34.6 Å². The van der Waals surface area contributed by atoms with Gasteiger partial charge in [0.15, 0.2) is 0 Å². The second-order valence-corrected chi connectivity index (χ2v) is 18.9. The molecule has 1 unspecified atom stereocenters. The third-order valence-corrected chi connectivity index (χ3v) is 13.9. The zero-order valence-corrected chi connectivity index (χ0v) is 34.7. The number of nitrogens with zero attached hydrogens (tertiary/aromatic N) is 5. The first-order valence-electron chi connectivity index (χ1n) is 21.9. The fourth-order valence-electron chi connectivity index (χ4n) is 10.8. The van der Waals surface area contributed by atoms with E-state index < -0.39 is 41.4 Å². The molecule has 5 saturated heterocycles. The van der Waals surface area contributed by atoms with Gasteiger partial charge in [0.2, 0.25) is 23.6 Å². The third kappa shape index (κ3) is 7.50. The Morgan fingerprint density at radius 1 is 0.883 bits per heavy atom. The van der Waals surface area contributed by atoms with E-state index in [1.807, 2.05) is 39.9 Å². The highest BCUT2D eigenvalue weighted by Gasteiger charge is 2.58. The van der Waals surface area contributed by atoms with E-state index in [2.05, 4.69) is 20.5 Å². The number of piperidine rings is 2. The summed E-state index contributed by atoms with van der Waals surface area (Å²) in [6.45, 7) is 7.30. The lowest BCUT2D eigenvalue weighted by molar-refractivity contribution is -0.148. The van der Waals surface area contributed by atoms with Gasteiger partial charge in [-0.25, -0.2) is 9.59 Å². The summed E-state index contributed by atoms with van der Waals surface area (Å²) in [4.78, 5) is 101. The number of hydrogen-bond acceptors (Lipinski definition) is 9. The molecule has 3 N–H and O–H groups in total. The highest BCUT2D eigenvalue weighted by Crippen LogP contribution is 2.54. The number of H-pyrrole nitrogens is 1. The summed E-state index contributed by atoms with van der Waals surface area (Å²) in [5.41, 5.74) is 1.73. The number of aromatic amines is 1. The van der Waals surface area contributed by atoms with Crippen LogP contribution in [-0.2, 0) is 23.9 Å². The molecule has 3 aromatic rings. The number of imide groups is 1. The molecule has 0 bridgehead atoms. The lowest BCUT2D eigenvalue weighted by Crippen LogP contribution is -2.57. The molecule has 1 saturated carbocycles. The summed E-state index contributed by atoms with van der Waals surface area (Å²) in [7, 11) is 0. The van der Waals surface area contributed by atoms with Gasteiger partial charge in [-0.1, -0.05) is 12.8 Å². The van der Waals surface area contributed by atoms with Crippen LogP contribution in [0.1, 0.15) is 128 Å². The second kappa shape index (κ2) is 15.2. The largest absolute Gasteiger partial charge is 0.444 e. The highest BCUT2D eigenvalue weighted by molar-refractivity contribution is 6.00. The normalized spacial score (nSPS) is 27.1. The smallest absolute Gasteiger partial charge is 0.408 e. The molecule has 6 aliphatic rings. The van der Waals surface area contributed by atoms with Crippen LogP contribution in [-0.4, -0.2) is 103 Å². The van der Waals surface area contributed by atoms with Crippen LogP contribution in [0.4, 0.5) is 10.5 Å². The Bertz CT molecular complexity index is 2350. The number of ether oxygens (including phenoxy) is 1. The second-order valence-electron chi connectivity index (χ2n) is 18.9. The first-order valence-corrected chi connectivity index (χ1v) is 21.9. The summed E-state index contributed by atoms with van der Waals surface area (Å²) in [5, 5.41) is 5.15. The van der Waals surface area contributed by atoms with E-state index in [-0.39, 0.29) is 59.7 Å². The molecule has 5 amide bonds. The van der Waals surface area contributed by atoms with Crippen molar-refractivity contribution >= 4 is 46.4 Å². The van der Waals surface area contributed by atoms with Gasteiger partial charge in [0.1, 0.15) is 23.7 Å². The number of hydrogen-bond donors (Lipinski definition) is 3. The van der Waals surface area contributed by atoms with Gasteiger partial charge in [-0.15, -0.1) is 0 Å². The summed E-state index contributed by atoms with van der Waals surface area (Å²) < 4.78 is 8.74. The van der Waals surface area contributed by atoms with Gasteiger partial charge >= 0.3 is 11.8 Å². The lowest BCUT2D eigenvalue weighted by atomic mass is 9.96. The SMILES string of the molecule is CC(C)(C)OC(=O)N[C@H]1CCCC[C@H]2CC[C@@H](C(=O)N3C[C@@H](c4ccn(C5CCN(c6ccc7c(c6)[nH]c(=O)n7C6CCC(=O)NC6=O)CC5)c(=O)c4)CC34CC4)N2C1=O. The zero-order valence-electron chi connectivity index (χ0n) is 34.7. The van der Waals surface area contributed by atoms with Crippen LogP contribution in [0.5, 0.6) is 0 Å². The molecule has 1 aromatic carbocycles. The Hall–Kier alpha value is -5.41. The standard InChI is InChI=1S/C44H56N8O8/c1-43(2,3)60-42(59)46-31-7-5-4-6-29-8-11-35(51(29)39(31)56)40(57)50-25-27(24-44(50)17-18-44)26-14-21-49(37(54)22-26)28-15-19-48(20-16-28)30-9-10-33-32(23-30)45-41(58)52(33)34-12-13-36(53)47-38(34)55/h9-10,14,21-23,27-29,31,34-35H,4-8,11-13,15-20,24-25H2,1-3H3,(H,45,58)(H,46,59)(H,47,53,55)/t27-,29-,31-,34?,35-/m0/s1. The van der Waals surface area contributed by atoms with Crippen LogP contribution in [0.15, 0.2) is 46.1 Å². The van der Waals surface area contributed by atoms with Gasteiger partial charge in [0, 0.05) is 67.5 Å². The van der Waals surface area contributed by atoms with E-state index in [1.165, 1.54) is 4.57 Å². The average Bonchev–Trinajstić information content (AvgIpc) is 3.51. The maximum absolute atomic E-state index is 14.5. The Labute approximate surface area is 348 Å². The fourth-order valence-corrected chi connectivity index (χ4v) is 10.8. The predicted octanol–water partition coefficient (Wildman–Crippen LogP) is 3.99. The Kier molecular flexibility index (Phi) is 10.2. The molecule has 9 rings (SSSR count). The number of rotatable bonds is 6. The summed E-state index contributed by atoms with van der Waals surface area (Å²) >= 11 is 0. The number of nitrogens with one attached hydrogen (secondary N) is 3. The molecule has 16 nitrogen and oxygen atoms in total. The van der Waals surface area contributed by atoms with Crippen molar-refractivity contribution in [2.75, 3.05) is 24.5 Å². The first kappa shape index (κ1) is 40.0. The molecule has 320 valence electrons. The first-order chi connectivity index (χ1) is 28.7. The predicted molar refractivity (Wildman–Crippen MR) is 221 cm³/mol. The van der Waals surface area contributed by atoms with Crippen molar-refractivity contribution in [2.24, 2.45) is 0 Å². The summed E-state index contributed by atoms with van der Waals surface area (Å²) in [6.07, 6.45) is 10.3. The molecule has 0 radical (unpaired) electrons. The molecule has 5 atom stereocenters. The van der Waals surface area contributed by atoms with Crippen molar-refractivity contribution in [3.63, 3.8) is 0 Å². The quantitative estimate of drug-likeness (QED) is 0.309. The van der Waals surface area contributed by atoms with Crippen LogP contribution in [0.3, 0.4) is 0 Å². The van der Waals surface area contributed by atoms with Crippen LogP contribution >= 0.6 is 0 Å². The van der Waals surface area contributed by atoms with Gasteiger partial charge in [0.25, 0.3) is 5.56 Å². The zero-order chi connectivity index (χ0) is 42.1. The molecular weight excluding hydrogens is 769 g/mol. The number of alkyl carbamates (subject to hydrolysis) is 1. The van der Waals surface area contributed by atoms with Gasteiger partial charge in [0.05, 0.1) is 11.0 Å². The number of pyridine rings is 1. The monoisotopic (exact) mass is 824 g/mol. The third-order valence-electron chi connectivity index (χ3n) is 13.9. The van der Waals surface area contributed by atoms with E-state index in [9.17, 15) is 33.6 Å². The summed E-state index contributed by atoms with van der Waals surface area (Å²) in [6, 6.07) is 7.44. The van der Waals surface area contributed by atoms with Crippen molar-refractivity contribution in [3.8, 4) is 0 Å². The number of amides is 5. The minimum Gasteiger partial charge on any atom is -0.444 e. The lowest BCUT2D eigenvalue weighted by Gasteiger charge is -2.37. The maximum Gasteiger partial charge on any atom is 0.408 e. The fraction of sp³-hybridized carbons (Fsp3) is 0.614. The molecule has 2 aromatic heterocycles. The van der Waals surface area contributed by atoms with Crippen molar-refractivity contribution in [1.29, 1.82) is 0 Å². The molecule has 60 heavy (non-hydrogen) atoms. The Morgan fingerprint density at radius 2 is 1.65 bits per heavy atom. The molecular formula is C44H56N8O8.